The third kappa shape index (κ3) is 6.78. The van der Waals surface area contributed by atoms with Crippen LogP contribution < -0.4 is 20.5 Å². The van der Waals surface area contributed by atoms with Crippen molar-refractivity contribution < 1.29 is 38.9 Å². The minimum absolute atomic E-state index is 0.0445. The zero-order chi connectivity index (χ0) is 28.9. The highest BCUT2D eigenvalue weighted by atomic mass is 35.5. The normalized spacial score (nSPS) is 11.4. The Hall–Kier alpha value is -4.28. The highest BCUT2D eigenvalue weighted by Gasteiger charge is 2.25. The zero-order valence-corrected chi connectivity index (χ0v) is 22.3. The molecule has 0 aliphatic carbocycles. The van der Waals surface area contributed by atoms with E-state index in [4.69, 9.17) is 43.5 Å². The summed E-state index contributed by atoms with van der Waals surface area (Å²) in [4.78, 5) is 47.4. The Morgan fingerprint density at radius 1 is 0.897 bits per heavy atom. The summed E-state index contributed by atoms with van der Waals surface area (Å²) in [5, 5.41) is 20.7. The average Bonchev–Trinajstić information content (AvgIpc) is 2.89. The third-order valence-corrected chi connectivity index (χ3v) is 6.47. The van der Waals surface area contributed by atoms with Gasteiger partial charge in [0.1, 0.15) is 17.5 Å². The van der Waals surface area contributed by atoms with Crippen LogP contribution in [0.15, 0.2) is 48.5 Å². The summed E-state index contributed by atoms with van der Waals surface area (Å²) in [7, 11) is 2.91. The minimum Gasteiger partial charge on any atom is -0.496 e. The number of amides is 2. The molecule has 1 atom stereocenters. The molecule has 0 radical (unpaired) electrons. The molecule has 3 aromatic rings. The summed E-state index contributed by atoms with van der Waals surface area (Å²) in [5.74, 6) is -3.24. The van der Waals surface area contributed by atoms with Gasteiger partial charge in [-0.25, -0.2) is 9.59 Å². The van der Waals surface area contributed by atoms with E-state index in [1.807, 2.05) is 0 Å². The number of aryl methyl sites for hydroxylation is 1. The van der Waals surface area contributed by atoms with Gasteiger partial charge in [0.05, 0.1) is 41.0 Å². The van der Waals surface area contributed by atoms with Gasteiger partial charge in [0, 0.05) is 5.56 Å². The van der Waals surface area contributed by atoms with Crippen molar-refractivity contribution in [2.45, 2.75) is 18.9 Å². The van der Waals surface area contributed by atoms with Gasteiger partial charge in [-0.3, -0.25) is 9.59 Å². The maximum absolute atomic E-state index is 12.7. The number of rotatable bonds is 11. The number of carbonyl (C=O) groups is 4. The number of nitrogens with one attached hydrogen (secondary N) is 1. The topological polar surface area (TPSA) is 165 Å². The van der Waals surface area contributed by atoms with Crippen molar-refractivity contribution in [3.05, 3.63) is 80.8 Å². The van der Waals surface area contributed by atoms with Gasteiger partial charge < -0.3 is 30.7 Å². The van der Waals surface area contributed by atoms with E-state index in [0.29, 0.717) is 23.5 Å². The summed E-state index contributed by atoms with van der Waals surface area (Å²) in [6.45, 7) is 0. The van der Waals surface area contributed by atoms with Crippen molar-refractivity contribution in [2.24, 2.45) is 5.73 Å². The molecule has 12 heteroatoms. The number of methoxy groups -OCH3 is 2. The van der Waals surface area contributed by atoms with E-state index in [0.717, 1.165) is 23.3 Å². The van der Waals surface area contributed by atoms with Crippen molar-refractivity contribution in [2.75, 3.05) is 14.2 Å². The molecule has 0 fully saturated rings. The lowest BCUT2D eigenvalue weighted by Gasteiger charge is -2.17. The Morgan fingerprint density at radius 3 is 1.87 bits per heavy atom. The minimum atomic E-state index is -1.28. The van der Waals surface area contributed by atoms with Crippen LogP contribution in [0.4, 0.5) is 0 Å². The molecule has 0 saturated carbocycles. The number of primary amides is 1. The van der Waals surface area contributed by atoms with E-state index < -0.39 is 29.8 Å². The van der Waals surface area contributed by atoms with Gasteiger partial charge in [0.2, 0.25) is 5.91 Å². The lowest BCUT2D eigenvalue weighted by molar-refractivity contribution is -0.139. The predicted octanol–water partition coefficient (Wildman–Crippen LogP) is 4.29. The largest absolute Gasteiger partial charge is 0.496 e. The number of carbonyl (C=O) groups excluding carboxylic acids is 2. The van der Waals surface area contributed by atoms with E-state index in [1.54, 1.807) is 24.3 Å². The van der Waals surface area contributed by atoms with Crippen LogP contribution in [0.5, 0.6) is 11.5 Å². The van der Waals surface area contributed by atoms with Crippen molar-refractivity contribution >= 4 is 47.0 Å². The number of aliphatic carboxylic acids is 1. The highest BCUT2D eigenvalue weighted by Crippen LogP contribution is 2.39. The van der Waals surface area contributed by atoms with Gasteiger partial charge in [0.15, 0.2) is 0 Å². The third-order valence-electron chi connectivity index (χ3n) is 5.87. The summed E-state index contributed by atoms with van der Waals surface area (Å²) in [5.41, 5.74) is 7.31. The van der Waals surface area contributed by atoms with Crippen molar-refractivity contribution in [1.29, 1.82) is 0 Å². The fraction of sp³-hybridized carbons (Fsp3) is 0.185. The molecule has 3 rings (SSSR count). The first-order valence-corrected chi connectivity index (χ1v) is 12.1. The maximum atomic E-state index is 12.7. The molecule has 2 amide bonds. The number of hydrogen-bond donors (Lipinski definition) is 4. The SMILES string of the molecule is COc1cc(C(N)=O)cc(OC)c1-c1ccc(CC[C@H](NC(=O)c2c(Cl)cc(C(=O)O)cc2Cl)C(=O)O)cc1. The second-order valence-corrected chi connectivity index (χ2v) is 9.15. The Kier molecular flexibility index (Phi) is 9.39. The van der Waals surface area contributed by atoms with E-state index >= 15 is 0 Å². The Bertz CT molecular complexity index is 1390. The first kappa shape index (κ1) is 29.3. The number of benzene rings is 3. The molecule has 0 aliphatic heterocycles. The molecule has 0 unspecified atom stereocenters. The number of aromatic carboxylic acids is 1. The van der Waals surface area contributed by atoms with E-state index in [1.165, 1.54) is 26.4 Å². The van der Waals surface area contributed by atoms with Crippen LogP contribution in [0.25, 0.3) is 11.1 Å². The second-order valence-electron chi connectivity index (χ2n) is 8.34. The Labute approximate surface area is 233 Å². The van der Waals surface area contributed by atoms with Gasteiger partial charge in [-0.15, -0.1) is 0 Å². The van der Waals surface area contributed by atoms with Crippen molar-refractivity contribution in [3.8, 4) is 22.6 Å². The number of carboxylic acid groups (broad SMARTS) is 2. The first-order valence-electron chi connectivity index (χ1n) is 11.4. The molecule has 0 aromatic heterocycles. The van der Waals surface area contributed by atoms with Gasteiger partial charge in [-0.05, 0) is 48.2 Å². The molecular weight excluding hydrogens is 551 g/mol. The lowest BCUT2D eigenvalue weighted by atomic mass is 9.98. The number of carboxylic acids is 2. The average molecular weight is 575 g/mol. The number of halogens is 2. The van der Waals surface area contributed by atoms with Crippen molar-refractivity contribution in [3.63, 3.8) is 0 Å². The fourth-order valence-corrected chi connectivity index (χ4v) is 4.55. The quantitative estimate of drug-likeness (QED) is 0.263. The van der Waals surface area contributed by atoms with Crippen LogP contribution >= 0.6 is 23.2 Å². The van der Waals surface area contributed by atoms with Gasteiger partial charge in [0.25, 0.3) is 5.91 Å². The maximum Gasteiger partial charge on any atom is 0.335 e. The molecule has 5 N–H and O–H groups in total. The van der Waals surface area contributed by atoms with Crippen LogP contribution in [-0.2, 0) is 11.2 Å². The summed E-state index contributed by atoms with van der Waals surface area (Å²) >= 11 is 12.1. The molecule has 0 aliphatic rings. The van der Waals surface area contributed by atoms with Gasteiger partial charge in [-0.1, -0.05) is 47.5 Å². The molecule has 10 nitrogen and oxygen atoms in total. The van der Waals surface area contributed by atoms with Crippen LogP contribution in [0, 0.1) is 0 Å². The van der Waals surface area contributed by atoms with Gasteiger partial charge in [-0.2, -0.15) is 0 Å². The highest BCUT2D eigenvalue weighted by molar-refractivity contribution is 6.40. The molecule has 0 bridgehead atoms. The summed E-state index contributed by atoms with van der Waals surface area (Å²) in [6, 6.07) is 11.0. The van der Waals surface area contributed by atoms with E-state index in [-0.39, 0.29) is 33.2 Å². The molecule has 39 heavy (non-hydrogen) atoms. The van der Waals surface area contributed by atoms with Crippen molar-refractivity contribution in [1.82, 2.24) is 5.32 Å². The fourth-order valence-electron chi connectivity index (χ4n) is 3.89. The molecule has 0 saturated heterocycles. The van der Waals surface area contributed by atoms with E-state index in [9.17, 15) is 24.3 Å². The number of hydrogen-bond acceptors (Lipinski definition) is 6. The van der Waals surface area contributed by atoms with Crippen LogP contribution in [0.3, 0.4) is 0 Å². The second kappa shape index (κ2) is 12.5. The van der Waals surface area contributed by atoms with Gasteiger partial charge >= 0.3 is 11.9 Å². The first-order chi connectivity index (χ1) is 18.5. The summed E-state index contributed by atoms with van der Waals surface area (Å²) < 4.78 is 10.9. The molecular formula is C27H24Cl2N2O8. The Morgan fingerprint density at radius 2 is 1.44 bits per heavy atom. The number of ether oxygens (including phenoxy) is 2. The molecule has 0 spiro atoms. The summed E-state index contributed by atoms with van der Waals surface area (Å²) in [6.07, 6.45) is 0.342. The zero-order valence-electron chi connectivity index (χ0n) is 20.8. The Balaban J connectivity index is 1.77. The number of nitrogens with two attached hydrogens (primary N) is 1. The molecule has 3 aromatic carbocycles. The van der Waals surface area contributed by atoms with Crippen LogP contribution in [0.1, 0.15) is 43.1 Å². The molecule has 204 valence electrons. The smallest absolute Gasteiger partial charge is 0.335 e. The van der Waals surface area contributed by atoms with E-state index in [2.05, 4.69) is 5.32 Å². The van der Waals surface area contributed by atoms with Crippen LogP contribution in [0.2, 0.25) is 10.0 Å². The predicted molar refractivity (Wildman–Crippen MR) is 144 cm³/mol. The lowest BCUT2D eigenvalue weighted by Crippen LogP contribution is -2.41. The molecule has 0 heterocycles. The standard InChI is InChI=1S/C27H24Cl2N2O8/c1-38-20-11-15(24(30)32)12-21(39-2)22(20)14-6-3-13(4-7-14)5-8-19(27(36)37)31-25(33)23-17(28)9-16(26(34)35)10-18(23)29/h3-4,6-7,9-12,19H,5,8H2,1-2H3,(H2,30,32)(H,31,33)(H,34,35)(H,36,37)/t19-/m0/s1. The monoisotopic (exact) mass is 574 g/mol. The van der Waals surface area contributed by atoms with Crippen LogP contribution in [-0.4, -0.2) is 54.2 Å².